The number of imide groups is 1. The van der Waals surface area contributed by atoms with E-state index in [2.05, 4.69) is 5.32 Å². The first-order valence-electron chi connectivity index (χ1n) is 8.08. The van der Waals surface area contributed by atoms with Crippen molar-refractivity contribution in [2.75, 3.05) is 11.9 Å². The lowest BCUT2D eigenvalue weighted by Gasteiger charge is -2.16. The third-order valence-electron chi connectivity index (χ3n) is 3.95. The Labute approximate surface area is 153 Å². The highest BCUT2D eigenvalue weighted by Gasteiger charge is 2.37. The Hall–Kier alpha value is -3.55. The highest BCUT2D eigenvalue weighted by Crippen LogP contribution is 2.22. The summed E-state index contributed by atoms with van der Waals surface area (Å²) in [4.78, 5) is 49.3. The summed E-state index contributed by atoms with van der Waals surface area (Å²) in [6, 6.07) is 11.3. The van der Waals surface area contributed by atoms with Gasteiger partial charge in [-0.3, -0.25) is 24.1 Å². The summed E-state index contributed by atoms with van der Waals surface area (Å²) in [7, 11) is 0. The highest BCUT2D eigenvalue weighted by atomic mass is 19.1. The van der Waals surface area contributed by atoms with Crippen LogP contribution in [0, 0.1) is 5.82 Å². The van der Waals surface area contributed by atoms with Gasteiger partial charge in [-0.2, -0.15) is 0 Å². The van der Waals surface area contributed by atoms with Crippen molar-refractivity contribution in [3.63, 3.8) is 0 Å². The number of anilines is 1. The molecule has 1 aliphatic heterocycles. The van der Waals surface area contributed by atoms with E-state index in [1.807, 2.05) is 0 Å². The van der Waals surface area contributed by atoms with E-state index in [-0.39, 0.29) is 11.1 Å². The summed E-state index contributed by atoms with van der Waals surface area (Å²) >= 11 is 0. The number of ether oxygens (including phenoxy) is 1. The van der Waals surface area contributed by atoms with Gasteiger partial charge in [-0.15, -0.1) is 0 Å². The summed E-state index contributed by atoms with van der Waals surface area (Å²) in [5.41, 5.74) is 0.777. The number of hydrogen-bond donors (Lipinski definition) is 1. The Morgan fingerprint density at radius 3 is 2.15 bits per heavy atom. The van der Waals surface area contributed by atoms with E-state index in [9.17, 15) is 23.6 Å². The van der Waals surface area contributed by atoms with Gasteiger partial charge in [-0.1, -0.05) is 12.1 Å². The van der Waals surface area contributed by atoms with Crippen LogP contribution >= 0.6 is 0 Å². The maximum Gasteiger partial charge on any atom is 0.326 e. The topological polar surface area (TPSA) is 92.8 Å². The zero-order valence-electron chi connectivity index (χ0n) is 14.3. The van der Waals surface area contributed by atoms with Crippen molar-refractivity contribution in [2.45, 2.75) is 13.0 Å². The van der Waals surface area contributed by atoms with E-state index in [1.54, 1.807) is 12.1 Å². The molecule has 1 atom stereocenters. The van der Waals surface area contributed by atoms with Gasteiger partial charge >= 0.3 is 5.97 Å². The molecular formula is C19H15FN2O5. The van der Waals surface area contributed by atoms with E-state index < -0.39 is 42.2 Å². The number of halogens is 1. The Morgan fingerprint density at radius 1 is 1.04 bits per heavy atom. The number of amides is 3. The quantitative estimate of drug-likeness (QED) is 0.642. The Balaban J connectivity index is 1.57. The molecule has 1 N–H and O–H groups in total. The van der Waals surface area contributed by atoms with Crippen molar-refractivity contribution in [2.24, 2.45) is 0 Å². The van der Waals surface area contributed by atoms with E-state index in [0.29, 0.717) is 5.69 Å². The van der Waals surface area contributed by atoms with Crippen LogP contribution in [0.5, 0.6) is 0 Å². The van der Waals surface area contributed by atoms with Gasteiger partial charge in [0.25, 0.3) is 17.7 Å². The lowest BCUT2D eigenvalue weighted by molar-refractivity contribution is -0.153. The van der Waals surface area contributed by atoms with Gasteiger partial charge in [0.1, 0.15) is 12.4 Å². The van der Waals surface area contributed by atoms with Crippen LogP contribution in [0.2, 0.25) is 0 Å². The van der Waals surface area contributed by atoms with Crippen molar-refractivity contribution in [3.05, 3.63) is 65.5 Å². The lowest BCUT2D eigenvalue weighted by Crippen LogP contribution is -2.38. The standard InChI is InChI=1S/C19H15FN2O5/c1-11(17(24)21-13-8-6-12(20)7-9-13)27-16(23)10-22-18(25)14-4-2-3-5-15(14)19(22)26/h2-9,11H,10H2,1H3,(H,21,24)/t11-/m1/s1. The van der Waals surface area contributed by atoms with Crippen molar-refractivity contribution in [1.82, 2.24) is 4.90 Å². The van der Waals surface area contributed by atoms with Crippen LogP contribution in [0.25, 0.3) is 0 Å². The maximum absolute atomic E-state index is 12.9. The molecule has 7 nitrogen and oxygen atoms in total. The summed E-state index contributed by atoms with van der Waals surface area (Å²) in [6.07, 6.45) is -1.17. The molecule has 0 unspecified atom stereocenters. The van der Waals surface area contributed by atoms with Gasteiger partial charge in [-0.05, 0) is 43.3 Å². The van der Waals surface area contributed by atoms with Gasteiger partial charge < -0.3 is 10.1 Å². The largest absolute Gasteiger partial charge is 0.451 e. The molecule has 2 aromatic carbocycles. The fraction of sp³-hybridized carbons (Fsp3) is 0.158. The molecule has 0 spiro atoms. The van der Waals surface area contributed by atoms with Crippen LogP contribution in [0.4, 0.5) is 10.1 Å². The van der Waals surface area contributed by atoms with Crippen LogP contribution in [-0.2, 0) is 14.3 Å². The molecule has 0 aliphatic carbocycles. The molecule has 0 aromatic heterocycles. The molecule has 138 valence electrons. The second kappa shape index (κ2) is 7.36. The summed E-state index contributed by atoms with van der Waals surface area (Å²) in [5.74, 6) is -3.15. The van der Waals surface area contributed by atoms with Crippen LogP contribution in [-0.4, -0.2) is 41.2 Å². The minimum Gasteiger partial charge on any atom is -0.451 e. The monoisotopic (exact) mass is 370 g/mol. The summed E-state index contributed by atoms with van der Waals surface area (Å²) in [5, 5.41) is 2.47. The molecule has 27 heavy (non-hydrogen) atoms. The van der Waals surface area contributed by atoms with E-state index in [4.69, 9.17) is 4.74 Å². The number of rotatable bonds is 5. The molecule has 0 saturated carbocycles. The molecule has 8 heteroatoms. The first-order chi connectivity index (χ1) is 12.9. The SMILES string of the molecule is C[C@@H](OC(=O)CN1C(=O)c2ccccc2C1=O)C(=O)Nc1ccc(F)cc1. The van der Waals surface area contributed by atoms with E-state index in [1.165, 1.54) is 43.3 Å². The van der Waals surface area contributed by atoms with E-state index in [0.717, 1.165) is 4.90 Å². The number of carbonyl (C=O) groups is 4. The Kier molecular flexibility index (Phi) is 4.98. The van der Waals surface area contributed by atoms with E-state index >= 15 is 0 Å². The summed E-state index contributed by atoms with van der Waals surface area (Å²) < 4.78 is 17.9. The molecule has 0 fully saturated rings. The Bertz CT molecular complexity index is 891. The number of benzene rings is 2. The van der Waals surface area contributed by atoms with Gasteiger partial charge in [0.2, 0.25) is 0 Å². The number of fused-ring (bicyclic) bond motifs is 1. The molecule has 0 radical (unpaired) electrons. The Morgan fingerprint density at radius 2 is 1.59 bits per heavy atom. The number of nitrogens with one attached hydrogen (secondary N) is 1. The molecular weight excluding hydrogens is 355 g/mol. The average molecular weight is 370 g/mol. The minimum atomic E-state index is -1.17. The number of esters is 1. The lowest BCUT2D eigenvalue weighted by atomic mass is 10.1. The number of carbonyl (C=O) groups excluding carboxylic acids is 4. The predicted octanol–water partition coefficient (Wildman–Crippen LogP) is 1.99. The fourth-order valence-electron chi connectivity index (χ4n) is 2.58. The van der Waals surface area contributed by atoms with Crippen molar-refractivity contribution < 1.29 is 28.3 Å². The minimum absolute atomic E-state index is 0.220. The van der Waals surface area contributed by atoms with Gasteiger partial charge in [0.05, 0.1) is 11.1 Å². The second-order valence-electron chi connectivity index (χ2n) is 5.87. The molecule has 0 saturated heterocycles. The third kappa shape index (κ3) is 3.84. The molecule has 3 rings (SSSR count). The molecule has 1 aliphatic rings. The first kappa shape index (κ1) is 18.2. The smallest absolute Gasteiger partial charge is 0.326 e. The number of nitrogens with zero attached hydrogens (tertiary/aromatic N) is 1. The predicted molar refractivity (Wildman–Crippen MR) is 92.4 cm³/mol. The molecule has 3 amide bonds. The first-order valence-corrected chi connectivity index (χ1v) is 8.08. The van der Waals surface area contributed by atoms with Crippen LogP contribution < -0.4 is 5.32 Å². The van der Waals surface area contributed by atoms with Crippen LogP contribution in [0.1, 0.15) is 27.6 Å². The van der Waals surface area contributed by atoms with Gasteiger partial charge in [-0.25, -0.2) is 4.39 Å². The molecule has 2 aromatic rings. The second-order valence-corrected chi connectivity index (χ2v) is 5.87. The van der Waals surface area contributed by atoms with Crippen molar-refractivity contribution >= 4 is 29.4 Å². The number of hydrogen-bond acceptors (Lipinski definition) is 5. The molecule has 1 heterocycles. The fourth-order valence-corrected chi connectivity index (χ4v) is 2.58. The maximum atomic E-state index is 12.9. The highest BCUT2D eigenvalue weighted by molar-refractivity contribution is 6.22. The molecule has 0 bridgehead atoms. The van der Waals surface area contributed by atoms with Crippen molar-refractivity contribution in [1.29, 1.82) is 0 Å². The van der Waals surface area contributed by atoms with Crippen LogP contribution in [0.3, 0.4) is 0 Å². The van der Waals surface area contributed by atoms with Crippen molar-refractivity contribution in [3.8, 4) is 0 Å². The average Bonchev–Trinajstić information content (AvgIpc) is 2.89. The third-order valence-corrected chi connectivity index (χ3v) is 3.95. The normalized spacial score (nSPS) is 13.9. The summed E-state index contributed by atoms with van der Waals surface area (Å²) in [6.45, 7) is 0.750. The van der Waals surface area contributed by atoms with Crippen LogP contribution in [0.15, 0.2) is 48.5 Å². The zero-order valence-corrected chi connectivity index (χ0v) is 14.3. The van der Waals surface area contributed by atoms with Gasteiger partial charge in [0.15, 0.2) is 6.10 Å². The van der Waals surface area contributed by atoms with Gasteiger partial charge in [0, 0.05) is 5.69 Å². The zero-order chi connectivity index (χ0) is 19.6.